The average Bonchev–Trinajstić information content (AvgIpc) is 2.94. The van der Waals surface area contributed by atoms with Crippen molar-refractivity contribution in [1.82, 2.24) is 0 Å². The van der Waals surface area contributed by atoms with Gasteiger partial charge in [-0.1, -0.05) is 35.3 Å². The number of anilines is 2. The van der Waals surface area contributed by atoms with Crippen LogP contribution in [0.1, 0.15) is 5.56 Å². The monoisotopic (exact) mass is 348 g/mol. The van der Waals surface area contributed by atoms with Gasteiger partial charge in [-0.05, 0) is 24.1 Å². The van der Waals surface area contributed by atoms with Crippen molar-refractivity contribution >= 4 is 55.9 Å². The van der Waals surface area contributed by atoms with E-state index in [1.807, 2.05) is 12.1 Å². The number of hydrogen-bond acceptors (Lipinski definition) is 4. The molecule has 1 aliphatic rings. The normalized spacial score (nSPS) is 14.6. The first-order valence-corrected chi connectivity index (χ1v) is 8.77. The van der Waals surface area contributed by atoms with Crippen LogP contribution in [-0.4, -0.2) is 15.0 Å². The van der Waals surface area contributed by atoms with E-state index in [0.717, 1.165) is 16.9 Å². The van der Waals surface area contributed by atoms with Crippen molar-refractivity contribution in [2.24, 2.45) is 0 Å². The number of para-hydroxylation sites is 1. The zero-order valence-electron chi connectivity index (χ0n) is 10.1. The van der Waals surface area contributed by atoms with Crippen LogP contribution < -0.4 is 10.0 Å². The third-order valence-electron chi connectivity index (χ3n) is 3.18. The maximum absolute atomic E-state index is 12.7. The van der Waals surface area contributed by atoms with Crippen LogP contribution in [-0.2, 0) is 16.4 Å². The summed E-state index contributed by atoms with van der Waals surface area (Å²) in [5.74, 6) is 0. The minimum Gasteiger partial charge on any atom is -0.397 e. The lowest BCUT2D eigenvalue weighted by Gasteiger charge is -2.20. The molecule has 3 rings (SSSR count). The number of nitrogens with two attached hydrogens (primary N) is 1. The van der Waals surface area contributed by atoms with Crippen molar-refractivity contribution in [3.8, 4) is 0 Å². The van der Waals surface area contributed by atoms with Gasteiger partial charge in [0.1, 0.15) is 9.23 Å². The fraction of sp³-hybridized carbons (Fsp3) is 0.167. The van der Waals surface area contributed by atoms with E-state index < -0.39 is 10.0 Å². The number of hydrogen-bond donors (Lipinski definition) is 1. The molecule has 0 radical (unpaired) electrons. The third-order valence-corrected chi connectivity index (χ3v) is 6.73. The molecule has 0 saturated carbocycles. The Kier molecular flexibility index (Phi) is 3.36. The molecule has 0 bridgehead atoms. The van der Waals surface area contributed by atoms with Crippen molar-refractivity contribution in [3.63, 3.8) is 0 Å². The molecule has 0 unspecified atom stereocenters. The summed E-state index contributed by atoms with van der Waals surface area (Å²) in [6.07, 6.45) is 0.634. The van der Waals surface area contributed by atoms with E-state index in [9.17, 15) is 8.42 Å². The number of thiophene rings is 1. The number of nitrogen functional groups attached to an aromatic ring is 1. The summed E-state index contributed by atoms with van der Waals surface area (Å²) >= 11 is 12.8. The summed E-state index contributed by atoms with van der Waals surface area (Å²) in [6, 6.07) is 6.76. The first-order chi connectivity index (χ1) is 9.41. The summed E-state index contributed by atoms with van der Waals surface area (Å²) in [5, 5.41) is 0. The van der Waals surface area contributed by atoms with Crippen LogP contribution in [0.5, 0.6) is 0 Å². The predicted molar refractivity (Wildman–Crippen MR) is 83.4 cm³/mol. The topological polar surface area (TPSA) is 63.4 Å². The smallest absolute Gasteiger partial charge is 0.266 e. The molecule has 8 heteroatoms. The number of sulfonamides is 1. The maximum Gasteiger partial charge on any atom is 0.266 e. The van der Waals surface area contributed by atoms with E-state index in [1.54, 1.807) is 6.07 Å². The molecule has 1 aliphatic heterocycles. The van der Waals surface area contributed by atoms with Crippen molar-refractivity contribution in [1.29, 1.82) is 0 Å². The van der Waals surface area contributed by atoms with Gasteiger partial charge in [-0.15, -0.1) is 11.3 Å². The van der Waals surface area contributed by atoms with Gasteiger partial charge < -0.3 is 5.73 Å². The summed E-state index contributed by atoms with van der Waals surface area (Å²) < 4.78 is 27.2. The van der Waals surface area contributed by atoms with Crippen LogP contribution in [0.15, 0.2) is 29.2 Å². The second kappa shape index (κ2) is 4.80. The van der Waals surface area contributed by atoms with Crippen LogP contribution >= 0.6 is 34.5 Å². The molecule has 2 aromatic rings. The molecule has 0 spiro atoms. The standard InChI is InChI=1S/C12H10Cl2N2O2S2/c13-10-6-9(12(14)19-10)20(17,18)16-5-4-7-2-1-3-8(15)11(7)16/h1-3,6H,4-5,15H2. The van der Waals surface area contributed by atoms with Gasteiger partial charge in [0, 0.05) is 6.54 Å². The molecule has 0 aliphatic carbocycles. The lowest BCUT2D eigenvalue weighted by Crippen LogP contribution is -2.29. The van der Waals surface area contributed by atoms with E-state index in [2.05, 4.69) is 0 Å². The highest BCUT2D eigenvalue weighted by molar-refractivity contribution is 7.93. The van der Waals surface area contributed by atoms with Crippen LogP contribution in [0.4, 0.5) is 11.4 Å². The van der Waals surface area contributed by atoms with Crippen LogP contribution in [0.25, 0.3) is 0 Å². The fourth-order valence-electron chi connectivity index (χ4n) is 2.31. The summed E-state index contributed by atoms with van der Waals surface area (Å²) in [4.78, 5) is 0.0327. The molecule has 1 aromatic heterocycles. The van der Waals surface area contributed by atoms with Gasteiger partial charge >= 0.3 is 0 Å². The van der Waals surface area contributed by atoms with Gasteiger partial charge in [0.2, 0.25) is 0 Å². The number of benzene rings is 1. The summed E-state index contributed by atoms with van der Waals surface area (Å²) in [7, 11) is -3.74. The van der Waals surface area contributed by atoms with E-state index in [1.165, 1.54) is 10.4 Å². The molecule has 1 aromatic carbocycles. The van der Waals surface area contributed by atoms with Crippen molar-refractivity contribution in [2.75, 3.05) is 16.6 Å². The molecule has 20 heavy (non-hydrogen) atoms. The maximum atomic E-state index is 12.7. The van der Waals surface area contributed by atoms with Gasteiger partial charge in [0.25, 0.3) is 10.0 Å². The van der Waals surface area contributed by atoms with Gasteiger partial charge in [0.15, 0.2) is 0 Å². The van der Waals surface area contributed by atoms with E-state index in [-0.39, 0.29) is 9.23 Å². The highest BCUT2D eigenvalue weighted by Crippen LogP contribution is 2.41. The molecular weight excluding hydrogens is 339 g/mol. The van der Waals surface area contributed by atoms with E-state index in [4.69, 9.17) is 28.9 Å². The SMILES string of the molecule is Nc1cccc2c1N(S(=O)(=O)c1cc(Cl)sc1Cl)CC2. The molecular formula is C12H10Cl2N2O2S2. The largest absolute Gasteiger partial charge is 0.397 e. The van der Waals surface area contributed by atoms with E-state index >= 15 is 0 Å². The molecule has 0 atom stereocenters. The Balaban J connectivity index is 2.14. The first kappa shape index (κ1) is 14.0. The Morgan fingerprint density at radius 2 is 2.05 bits per heavy atom. The molecule has 0 amide bonds. The lowest BCUT2D eigenvalue weighted by atomic mass is 10.1. The fourth-order valence-corrected chi connectivity index (χ4v) is 5.96. The van der Waals surface area contributed by atoms with Gasteiger partial charge in [-0.25, -0.2) is 8.42 Å². The second-order valence-electron chi connectivity index (χ2n) is 4.37. The Hall–Kier alpha value is -0.950. The molecule has 106 valence electrons. The summed E-state index contributed by atoms with van der Waals surface area (Å²) in [5.41, 5.74) is 7.83. The molecule has 0 fully saturated rings. The Morgan fingerprint density at radius 3 is 2.70 bits per heavy atom. The predicted octanol–water partition coefficient (Wildman–Crippen LogP) is 3.39. The number of fused-ring (bicyclic) bond motifs is 1. The van der Waals surface area contributed by atoms with Gasteiger partial charge in [0.05, 0.1) is 15.7 Å². The molecule has 0 saturated heterocycles. The van der Waals surface area contributed by atoms with Crippen molar-refractivity contribution in [2.45, 2.75) is 11.3 Å². The Morgan fingerprint density at radius 1 is 1.30 bits per heavy atom. The quantitative estimate of drug-likeness (QED) is 0.846. The number of rotatable bonds is 2. The zero-order chi connectivity index (χ0) is 14.5. The average molecular weight is 349 g/mol. The third kappa shape index (κ3) is 2.07. The number of nitrogens with zero attached hydrogens (tertiary/aromatic N) is 1. The highest BCUT2D eigenvalue weighted by atomic mass is 35.5. The lowest BCUT2D eigenvalue weighted by molar-refractivity contribution is 0.593. The number of halogens is 2. The highest BCUT2D eigenvalue weighted by Gasteiger charge is 2.34. The zero-order valence-corrected chi connectivity index (χ0v) is 13.3. The Labute approximate surface area is 130 Å². The minimum absolute atomic E-state index is 0.0327. The van der Waals surface area contributed by atoms with Crippen LogP contribution in [0.2, 0.25) is 8.67 Å². The second-order valence-corrected chi connectivity index (χ2v) is 8.49. The van der Waals surface area contributed by atoms with Crippen molar-refractivity contribution < 1.29 is 8.42 Å². The van der Waals surface area contributed by atoms with Gasteiger partial charge in [-0.2, -0.15) is 0 Å². The molecule has 2 heterocycles. The molecule has 4 nitrogen and oxygen atoms in total. The Bertz CT molecular complexity index is 787. The first-order valence-electron chi connectivity index (χ1n) is 5.76. The van der Waals surface area contributed by atoms with Crippen LogP contribution in [0.3, 0.4) is 0 Å². The van der Waals surface area contributed by atoms with Crippen molar-refractivity contribution in [3.05, 3.63) is 38.5 Å². The van der Waals surface area contributed by atoms with E-state index in [0.29, 0.717) is 28.7 Å². The summed E-state index contributed by atoms with van der Waals surface area (Å²) in [6.45, 7) is 0.357. The van der Waals surface area contributed by atoms with Crippen LogP contribution in [0, 0.1) is 0 Å². The van der Waals surface area contributed by atoms with Gasteiger partial charge in [-0.3, -0.25) is 4.31 Å². The minimum atomic E-state index is -3.74. The molecule has 2 N–H and O–H groups in total.